The van der Waals surface area contributed by atoms with E-state index < -0.39 is 17.9 Å². The molecule has 0 saturated carbocycles. The van der Waals surface area contributed by atoms with Crippen molar-refractivity contribution in [3.8, 4) is 5.75 Å². The number of halogens is 1. The van der Waals surface area contributed by atoms with Gasteiger partial charge in [0, 0.05) is 12.5 Å². The molecule has 0 bridgehead atoms. The molecule has 150 valence electrons. The van der Waals surface area contributed by atoms with Gasteiger partial charge in [-0.3, -0.25) is 0 Å². The molecule has 1 heterocycles. The van der Waals surface area contributed by atoms with E-state index in [-0.39, 0.29) is 12.5 Å². The minimum atomic E-state index is -1.11. The summed E-state index contributed by atoms with van der Waals surface area (Å²) in [7, 11) is 0. The van der Waals surface area contributed by atoms with Crippen LogP contribution in [0.3, 0.4) is 0 Å². The van der Waals surface area contributed by atoms with Crippen LogP contribution in [0, 0.1) is 0 Å². The summed E-state index contributed by atoms with van der Waals surface area (Å²) in [4.78, 5) is 13.6. The van der Waals surface area contributed by atoms with Gasteiger partial charge in [-0.1, -0.05) is 42.5 Å². The maximum atomic E-state index is 14.8. The molecule has 1 fully saturated rings. The van der Waals surface area contributed by atoms with Crippen molar-refractivity contribution < 1.29 is 18.7 Å². The number of carbonyl (C=O) groups excluding carboxylic acids is 1. The van der Waals surface area contributed by atoms with Crippen LogP contribution in [-0.4, -0.2) is 35.9 Å². The van der Waals surface area contributed by atoms with E-state index in [1.807, 2.05) is 75.4 Å². The number of piperidine rings is 1. The van der Waals surface area contributed by atoms with Gasteiger partial charge in [0.05, 0.1) is 6.54 Å². The van der Waals surface area contributed by atoms with Gasteiger partial charge in [-0.05, 0) is 50.5 Å². The van der Waals surface area contributed by atoms with Gasteiger partial charge in [0.1, 0.15) is 24.1 Å². The summed E-state index contributed by atoms with van der Waals surface area (Å²) in [5, 5.41) is 0. The number of hydrogen-bond donors (Lipinski definition) is 0. The van der Waals surface area contributed by atoms with Gasteiger partial charge < -0.3 is 14.4 Å². The van der Waals surface area contributed by atoms with Gasteiger partial charge >= 0.3 is 6.09 Å². The Bertz CT molecular complexity index is 771. The maximum Gasteiger partial charge on any atom is 0.410 e. The Balaban J connectivity index is 1.55. The third-order valence-electron chi connectivity index (χ3n) is 4.75. The van der Waals surface area contributed by atoms with Gasteiger partial charge in [0.15, 0.2) is 0 Å². The number of alkyl halides is 1. The molecule has 4 nitrogen and oxygen atoms in total. The predicted molar refractivity (Wildman–Crippen MR) is 107 cm³/mol. The number of carbonyl (C=O) groups is 1. The van der Waals surface area contributed by atoms with Crippen LogP contribution in [0.2, 0.25) is 0 Å². The fourth-order valence-electron chi connectivity index (χ4n) is 3.32. The SMILES string of the molecule is CC(C)(C)OC(=O)N1CC[C@H](c2ccc(OCc3ccccc3)cc2)[C@@H](F)C1. The second-order valence-electron chi connectivity index (χ2n) is 8.18. The second-order valence-corrected chi connectivity index (χ2v) is 8.18. The zero-order valence-corrected chi connectivity index (χ0v) is 16.7. The number of benzene rings is 2. The normalized spacial score (nSPS) is 19.9. The monoisotopic (exact) mass is 385 g/mol. The molecule has 0 N–H and O–H groups in total. The lowest BCUT2D eigenvalue weighted by atomic mass is 9.88. The molecule has 2 aromatic rings. The highest BCUT2D eigenvalue weighted by Crippen LogP contribution is 2.32. The second kappa shape index (κ2) is 8.63. The average Bonchev–Trinajstić information content (AvgIpc) is 2.66. The van der Waals surface area contributed by atoms with Crippen LogP contribution in [0.4, 0.5) is 9.18 Å². The number of amides is 1. The minimum Gasteiger partial charge on any atom is -0.489 e. The molecule has 2 atom stereocenters. The molecule has 1 aliphatic rings. The van der Waals surface area contributed by atoms with Crippen molar-refractivity contribution in [3.63, 3.8) is 0 Å². The van der Waals surface area contributed by atoms with Crippen molar-refractivity contribution >= 4 is 6.09 Å². The molecule has 28 heavy (non-hydrogen) atoms. The fourth-order valence-corrected chi connectivity index (χ4v) is 3.32. The van der Waals surface area contributed by atoms with Crippen LogP contribution in [0.15, 0.2) is 54.6 Å². The van der Waals surface area contributed by atoms with E-state index in [0.717, 1.165) is 16.9 Å². The first kappa shape index (κ1) is 20.2. The summed E-state index contributed by atoms with van der Waals surface area (Å²) in [5.41, 5.74) is 1.46. The standard InChI is InChI=1S/C23H28FNO3/c1-23(2,3)28-22(26)25-14-13-20(21(24)15-25)18-9-11-19(12-10-18)27-16-17-7-5-4-6-8-17/h4-12,20-21H,13-16H2,1-3H3/t20-,21+/m1/s1. The maximum absolute atomic E-state index is 14.8. The lowest BCUT2D eigenvalue weighted by molar-refractivity contribution is 0.0111. The van der Waals surface area contributed by atoms with Crippen LogP contribution < -0.4 is 4.74 Å². The van der Waals surface area contributed by atoms with Crippen LogP contribution in [0.1, 0.15) is 44.2 Å². The van der Waals surface area contributed by atoms with Gasteiger partial charge in [-0.25, -0.2) is 9.18 Å². The van der Waals surface area contributed by atoms with Crippen LogP contribution in [-0.2, 0) is 11.3 Å². The van der Waals surface area contributed by atoms with E-state index in [2.05, 4.69) is 0 Å². The zero-order chi connectivity index (χ0) is 20.1. The van der Waals surface area contributed by atoms with Gasteiger partial charge in [-0.15, -0.1) is 0 Å². The van der Waals surface area contributed by atoms with E-state index in [1.165, 1.54) is 4.90 Å². The molecule has 0 radical (unpaired) electrons. The summed E-state index contributed by atoms with van der Waals surface area (Å²) in [6, 6.07) is 17.6. The molecule has 0 aliphatic carbocycles. The smallest absolute Gasteiger partial charge is 0.410 e. The summed E-state index contributed by atoms with van der Waals surface area (Å²) in [6.45, 7) is 6.49. The Labute approximate surface area is 166 Å². The van der Waals surface area contributed by atoms with E-state index in [4.69, 9.17) is 9.47 Å². The van der Waals surface area contributed by atoms with Gasteiger partial charge in [0.2, 0.25) is 0 Å². The molecule has 0 spiro atoms. The first-order valence-electron chi connectivity index (χ1n) is 9.70. The number of rotatable bonds is 4. The highest BCUT2D eigenvalue weighted by Gasteiger charge is 2.34. The summed E-state index contributed by atoms with van der Waals surface area (Å²) < 4.78 is 25.9. The van der Waals surface area contributed by atoms with Crippen LogP contribution >= 0.6 is 0 Å². The van der Waals surface area contributed by atoms with Gasteiger partial charge in [0.25, 0.3) is 0 Å². The Kier molecular flexibility index (Phi) is 6.22. The summed E-state index contributed by atoms with van der Waals surface area (Å²) in [6.07, 6.45) is -0.986. The lowest BCUT2D eigenvalue weighted by Crippen LogP contribution is -2.46. The Morgan fingerprint density at radius 1 is 1.11 bits per heavy atom. The highest BCUT2D eigenvalue weighted by molar-refractivity contribution is 5.68. The van der Waals surface area contributed by atoms with Crippen molar-refractivity contribution in [1.82, 2.24) is 4.90 Å². The van der Waals surface area contributed by atoms with Crippen molar-refractivity contribution in [1.29, 1.82) is 0 Å². The van der Waals surface area contributed by atoms with E-state index in [0.29, 0.717) is 19.6 Å². The fraction of sp³-hybridized carbons (Fsp3) is 0.435. The Morgan fingerprint density at radius 3 is 2.39 bits per heavy atom. The van der Waals surface area contributed by atoms with Crippen LogP contribution in [0.5, 0.6) is 5.75 Å². The number of ether oxygens (including phenoxy) is 2. The molecular weight excluding hydrogens is 357 g/mol. The Hall–Kier alpha value is -2.56. The quantitative estimate of drug-likeness (QED) is 0.714. The van der Waals surface area contributed by atoms with Crippen molar-refractivity contribution in [2.24, 2.45) is 0 Å². The average molecular weight is 385 g/mol. The molecule has 1 amide bonds. The first-order valence-corrected chi connectivity index (χ1v) is 9.70. The summed E-state index contributed by atoms with van der Waals surface area (Å²) in [5.74, 6) is 0.538. The molecule has 1 aliphatic heterocycles. The zero-order valence-electron chi connectivity index (χ0n) is 16.7. The van der Waals surface area contributed by atoms with Crippen molar-refractivity contribution in [2.45, 2.75) is 51.5 Å². The van der Waals surface area contributed by atoms with Crippen LogP contribution in [0.25, 0.3) is 0 Å². The van der Waals surface area contributed by atoms with Gasteiger partial charge in [-0.2, -0.15) is 0 Å². The lowest BCUT2D eigenvalue weighted by Gasteiger charge is -2.35. The number of nitrogens with zero attached hydrogens (tertiary/aromatic N) is 1. The largest absolute Gasteiger partial charge is 0.489 e. The number of likely N-dealkylation sites (tertiary alicyclic amines) is 1. The van der Waals surface area contributed by atoms with Crippen molar-refractivity contribution in [2.75, 3.05) is 13.1 Å². The minimum absolute atomic E-state index is 0.0613. The molecule has 3 rings (SSSR count). The molecule has 0 aromatic heterocycles. The third-order valence-corrected chi connectivity index (χ3v) is 4.75. The third kappa shape index (κ3) is 5.47. The molecular formula is C23H28FNO3. The predicted octanol–water partition coefficient (Wildman–Crippen LogP) is 5.33. The summed E-state index contributed by atoms with van der Waals surface area (Å²) >= 11 is 0. The first-order chi connectivity index (χ1) is 13.3. The number of hydrogen-bond acceptors (Lipinski definition) is 3. The van der Waals surface area contributed by atoms with Crippen molar-refractivity contribution in [3.05, 3.63) is 65.7 Å². The van der Waals surface area contributed by atoms with E-state index in [1.54, 1.807) is 0 Å². The molecule has 0 unspecified atom stereocenters. The Morgan fingerprint density at radius 2 is 1.79 bits per heavy atom. The molecule has 5 heteroatoms. The van der Waals surface area contributed by atoms with E-state index in [9.17, 15) is 9.18 Å². The highest BCUT2D eigenvalue weighted by atomic mass is 19.1. The van der Waals surface area contributed by atoms with E-state index >= 15 is 0 Å². The molecule has 1 saturated heterocycles. The molecule has 2 aromatic carbocycles. The topological polar surface area (TPSA) is 38.8 Å².